The van der Waals surface area contributed by atoms with E-state index in [-0.39, 0.29) is 17.2 Å². The Hall–Kier alpha value is -2.91. The van der Waals surface area contributed by atoms with Crippen LogP contribution in [-0.2, 0) is 4.74 Å². The summed E-state index contributed by atoms with van der Waals surface area (Å²) < 4.78 is 45.6. The molecule has 1 aliphatic heterocycles. The molecule has 0 aromatic heterocycles. The van der Waals surface area contributed by atoms with Crippen molar-refractivity contribution in [3.05, 3.63) is 65.5 Å². The molecule has 6 nitrogen and oxygen atoms in total. The first-order chi connectivity index (χ1) is 14.0. The average molecular weight is 406 g/mol. The third-order valence-electron chi connectivity index (χ3n) is 4.23. The standard InChI is InChI=1S/C20H21F3N4O2/c21-15-3-1-2-14(10-15)19(28)26-20(24-4-5-27-6-8-29-9-7-27)25-18-12-16(22)11-17(23)13-18/h1-3,10-13H,4-9H2,(H2,24,25,26,28). The summed E-state index contributed by atoms with van der Waals surface area (Å²) in [4.78, 5) is 18.9. The van der Waals surface area contributed by atoms with E-state index in [9.17, 15) is 18.0 Å². The van der Waals surface area contributed by atoms with Crippen LogP contribution in [-0.4, -0.2) is 56.2 Å². The zero-order valence-electron chi connectivity index (χ0n) is 15.6. The SMILES string of the molecule is O=C(NC(=NCCN1CCOCC1)Nc1cc(F)cc(F)c1)c1cccc(F)c1. The van der Waals surface area contributed by atoms with Crippen molar-refractivity contribution in [2.75, 3.05) is 44.7 Å². The summed E-state index contributed by atoms with van der Waals surface area (Å²) in [5.41, 5.74) is 0.185. The lowest BCUT2D eigenvalue weighted by molar-refractivity contribution is 0.0394. The van der Waals surface area contributed by atoms with E-state index in [1.165, 1.54) is 18.2 Å². The molecule has 0 unspecified atom stereocenters. The molecule has 0 spiro atoms. The van der Waals surface area contributed by atoms with Gasteiger partial charge >= 0.3 is 0 Å². The van der Waals surface area contributed by atoms with Gasteiger partial charge in [0.2, 0.25) is 5.96 Å². The van der Waals surface area contributed by atoms with E-state index < -0.39 is 23.4 Å². The Balaban J connectivity index is 1.72. The fourth-order valence-corrected chi connectivity index (χ4v) is 2.81. The molecule has 1 amide bonds. The van der Waals surface area contributed by atoms with Gasteiger partial charge in [-0.3, -0.25) is 20.0 Å². The van der Waals surface area contributed by atoms with Gasteiger partial charge in [0, 0.05) is 37.0 Å². The largest absolute Gasteiger partial charge is 0.379 e. The van der Waals surface area contributed by atoms with Crippen LogP contribution in [0.4, 0.5) is 18.9 Å². The molecule has 0 radical (unpaired) electrons. The Morgan fingerprint density at radius 1 is 1.03 bits per heavy atom. The number of amides is 1. The highest BCUT2D eigenvalue weighted by Gasteiger charge is 2.13. The van der Waals surface area contributed by atoms with Gasteiger partial charge in [-0.05, 0) is 30.3 Å². The Morgan fingerprint density at radius 2 is 1.76 bits per heavy atom. The molecular formula is C20H21F3N4O2. The first kappa shape index (κ1) is 20.8. The predicted molar refractivity (Wildman–Crippen MR) is 103 cm³/mol. The van der Waals surface area contributed by atoms with Crippen molar-refractivity contribution < 1.29 is 22.7 Å². The average Bonchev–Trinajstić information content (AvgIpc) is 2.68. The second-order valence-electron chi connectivity index (χ2n) is 6.43. The van der Waals surface area contributed by atoms with Gasteiger partial charge in [0.25, 0.3) is 5.91 Å². The van der Waals surface area contributed by atoms with Crippen LogP contribution in [0.15, 0.2) is 47.5 Å². The van der Waals surface area contributed by atoms with E-state index >= 15 is 0 Å². The van der Waals surface area contributed by atoms with Crippen molar-refractivity contribution in [1.29, 1.82) is 0 Å². The lowest BCUT2D eigenvalue weighted by atomic mass is 10.2. The van der Waals surface area contributed by atoms with Crippen molar-refractivity contribution in [1.82, 2.24) is 10.2 Å². The van der Waals surface area contributed by atoms with Gasteiger partial charge in [-0.15, -0.1) is 0 Å². The normalized spacial score (nSPS) is 15.2. The number of ether oxygens (including phenoxy) is 1. The number of hydrogen-bond acceptors (Lipinski definition) is 4. The minimum absolute atomic E-state index is 0.0116. The number of morpholine rings is 1. The molecule has 3 rings (SSSR count). The number of aliphatic imine (C=N–C) groups is 1. The predicted octanol–water partition coefficient (Wildman–Crippen LogP) is 2.63. The van der Waals surface area contributed by atoms with E-state index in [0.717, 1.165) is 37.4 Å². The summed E-state index contributed by atoms with van der Waals surface area (Å²) in [6.45, 7) is 3.82. The van der Waals surface area contributed by atoms with Crippen LogP contribution in [0.3, 0.4) is 0 Å². The fraction of sp³-hybridized carbons (Fsp3) is 0.300. The number of benzene rings is 2. The first-order valence-corrected chi connectivity index (χ1v) is 9.14. The summed E-state index contributed by atoms with van der Waals surface area (Å²) in [7, 11) is 0. The summed E-state index contributed by atoms with van der Waals surface area (Å²) in [6, 6.07) is 8.07. The van der Waals surface area contributed by atoms with Crippen molar-refractivity contribution in [3.8, 4) is 0 Å². The zero-order chi connectivity index (χ0) is 20.6. The number of hydrogen-bond donors (Lipinski definition) is 2. The summed E-state index contributed by atoms with van der Waals surface area (Å²) in [6.07, 6.45) is 0. The quantitative estimate of drug-likeness (QED) is 0.592. The minimum Gasteiger partial charge on any atom is -0.379 e. The zero-order valence-corrected chi connectivity index (χ0v) is 15.6. The number of nitrogens with zero attached hydrogens (tertiary/aromatic N) is 2. The highest BCUT2D eigenvalue weighted by Crippen LogP contribution is 2.13. The Kier molecular flexibility index (Phi) is 7.20. The van der Waals surface area contributed by atoms with Crippen LogP contribution in [0, 0.1) is 17.5 Å². The molecule has 154 valence electrons. The van der Waals surface area contributed by atoms with Gasteiger partial charge < -0.3 is 10.1 Å². The minimum atomic E-state index is -0.767. The van der Waals surface area contributed by atoms with Gasteiger partial charge in [-0.25, -0.2) is 13.2 Å². The highest BCUT2D eigenvalue weighted by molar-refractivity contribution is 6.09. The number of carbonyl (C=O) groups excluding carboxylic acids is 1. The van der Waals surface area contributed by atoms with Crippen LogP contribution in [0.25, 0.3) is 0 Å². The second kappa shape index (κ2) is 10.0. The van der Waals surface area contributed by atoms with E-state index in [0.29, 0.717) is 26.3 Å². The van der Waals surface area contributed by atoms with Crippen LogP contribution in [0.5, 0.6) is 0 Å². The second-order valence-corrected chi connectivity index (χ2v) is 6.43. The molecule has 1 saturated heterocycles. The van der Waals surface area contributed by atoms with Gasteiger partial charge in [0.1, 0.15) is 17.5 Å². The van der Waals surface area contributed by atoms with Crippen molar-refractivity contribution in [3.63, 3.8) is 0 Å². The molecule has 1 heterocycles. The van der Waals surface area contributed by atoms with E-state index in [4.69, 9.17) is 4.74 Å². The Bertz CT molecular complexity index is 866. The lowest BCUT2D eigenvalue weighted by Crippen LogP contribution is -2.39. The van der Waals surface area contributed by atoms with Crippen molar-refractivity contribution in [2.24, 2.45) is 4.99 Å². The van der Waals surface area contributed by atoms with Gasteiger partial charge in [0.05, 0.1) is 19.8 Å². The van der Waals surface area contributed by atoms with E-state index in [2.05, 4.69) is 20.5 Å². The molecule has 29 heavy (non-hydrogen) atoms. The summed E-state index contributed by atoms with van der Waals surface area (Å²) >= 11 is 0. The first-order valence-electron chi connectivity index (χ1n) is 9.14. The van der Waals surface area contributed by atoms with Gasteiger partial charge in [0.15, 0.2) is 0 Å². The van der Waals surface area contributed by atoms with Crippen LogP contribution in [0.1, 0.15) is 10.4 Å². The Labute approximate surface area is 166 Å². The molecule has 2 N–H and O–H groups in total. The van der Waals surface area contributed by atoms with Crippen LogP contribution >= 0.6 is 0 Å². The number of rotatable bonds is 5. The van der Waals surface area contributed by atoms with Gasteiger partial charge in [-0.2, -0.15) is 0 Å². The lowest BCUT2D eigenvalue weighted by Gasteiger charge is -2.25. The third-order valence-corrected chi connectivity index (χ3v) is 4.23. The van der Waals surface area contributed by atoms with Crippen LogP contribution in [0.2, 0.25) is 0 Å². The monoisotopic (exact) mass is 406 g/mol. The number of anilines is 1. The molecule has 0 bridgehead atoms. The molecular weight excluding hydrogens is 385 g/mol. The highest BCUT2D eigenvalue weighted by atomic mass is 19.1. The van der Waals surface area contributed by atoms with Crippen LogP contribution < -0.4 is 10.6 Å². The number of guanidine groups is 1. The van der Waals surface area contributed by atoms with E-state index in [1.54, 1.807) is 0 Å². The van der Waals surface area contributed by atoms with Crippen molar-refractivity contribution in [2.45, 2.75) is 0 Å². The maximum Gasteiger partial charge on any atom is 0.258 e. The molecule has 0 atom stereocenters. The smallest absolute Gasteiger partial charge is 0.258 e. The number of nitrogens with one attached hydrogen (secondary N) is 2. The molecule has 2 aromatic carbocycles. The molecule has 0 aliphatic carbocycles. The molecule has 2 aromatic rings. The fourth-order valence-electron chi connectivity index (χ4n) is 2.81. The molecule has 1 aliphatic rings. The molecule has 9 heteroatoms. The maximum absolute atomic E-state index is 13.5. The summed E-state index contributed by atoms with van der Waals surface area (Å²) in [5, 5.41) is 5.25. The Morgan fingerprint density at radius 3 is 2.45 bits per heavy atom. The number of carbonyl (C=O) groups is 1. The number of halogens is 3. The van der Waals surface area contributed by atoms with E-state index in [1.807, 2.05) is 0 Å². The topological polar surface area (TPSA) is 66.0 Å². The molecule has 1 fully saturated rings. The maximum atomic E-state index is 13.5. The summed E-state index contributed by atoms with van der Waals surface area (Å²) in [5.74, 6) is -2.67. The van der Waals surface area contributed by atoms with Gasteiger partial charge in [-0.1, -0.05) is 6.07 Å². The third kappa shape index (κ3) is 6.58. The van der Waals surface area contributed by atoms with Crippen molar-refractivity contribution >= 4 is 17.6 Å². The molecule has 0 saturated carbocycles.